The van der Waals surface area contributed by atoms with E-state index in [0.29, 0.717) is 0 Å². The molecule has 4 heteroatoms. The van der Waals surface area contributed by atoms with Crippen LogP contribution in [0.5, 0.6) is 0 Å². The molecule has 17 heavy (non-hydrogen) atoms. The molecular weight excluding hydrogens is 218 g/mol. The van der Waals surface area contributed by atoms with Crippen LogP contribution in [0.1, 0.15) is 48.0 Å². The van der Waals surface area contributed by atoms with Crippen molar-refractivity contribution in [1.29, 1.82) is 0 Å². The minimum absolute atomic E-state index is 0.0343. The van der Waals surface area contributed by atoms with Gasteiger partial charge >= 0.3 is 6.09 Å². The quantitative estimate of drug-likeness (QED) is 0.828. The zero-order valence-electron chi connectivity index (χ0n) is 12.2. The van der Waals surface area contributed by atoms with Gasteiger partial charge in [-0.3, -0.25) is 0 Å². The summed E-state index contributed by atoms with van der Waals surface area (Å²) in [5, 5.41) is 9.22. The highest BCUT2D eigenvalue weighted by atomic mass is 16.6. The van der Waals surface area contributed by atoms with Crippen molar-refractivity contribution >= 4 is 6.09 Å². The molecule has 0 aliphatic carbocycles. The lowest BCUT2D eigenvalue weighted by Crippen LogP contribution is -2.41. The van der Waals surface area contributed by atoms with Crippen LogP contribution in [0.4, 0.5) is 4.79 Å². The first-order valence-electron chi connectivity index (χ1n) is 6.05. The minimum atomic E-state index is -0.475. The Labute approximate surface area is 105 Å². The summed E-state index contributed by atoms with van der Waals surface area (Å²) in [7, 11) is 1.73. The first kappa shape index (κ1) is 16.2. The Kier molecular flexibility index (Phi) is 5.46. The Morgan fingerprint density at radius 1 is 1.29 bits per heavy atom. The van der Waals surface area contributed by atoms with Crippen LogP contribution in [0, 0.1) is 5.41 Å². The van der Waals surface area contributed by atoms with Gasteiger partial charge in [-0.1, -0.05) is 13.8 Å². The average Bonchev–Trinajstić information content (AvgIpc) is 2.13. The van der Waals surface area contributed by atoms with Gasteiger partial charge in [0.25, 0.3) is 0 Å². The van der Waals surface area contributed by atoms with Crippen molar-refractivity contribution in [1.82, 2.24) is 4.90 Å². The molecule has 0 aromatic heterocycles. The molecule has 0 saturated heterocycles. The Morgan fingerprint density at radius 3 is 2.12 bits per heavy atom. The van der Waals surface area contributed by atoms with Crippen LogP contribution in [0.3, 0.4) is 0 Å². The summed E-state index contributed by atoms with van der Waals surface area (Å²) in [6, 6.07) is 0.0343. The highest BCUT2D eigenvalue weighted by Crippen LogP contribution is 2.24. The zero-order chi connectivity index (χ0) is 13.9. The second kappa shape index (κ2) is 5.71. The number of hydrogen-bond acceptors (Lipinski definition) is 3. The predicted molar refractivity (Wildman–Crippen MR) is 68.9 cm³/mol. The normalized spacial score (nSPS) is 14.4. The van der Waals surface area contributed by atoms with Gasteiger partial charge in [-0.25, -0.2) is 4.79 Å². The van der Waals surface area contributed by atoms with Crippen LogP contribution >= 0.6 is 0 Å². The minimum Gasteiger partial charge on any atom is -0.444 e. The summed E-state index contributed by atoms with van der Waals surface area (Å²) >= 11 is 0. The topological polar surface area (TPSA) is 49.8 Å². The maximum absolute atomic E-state index is 11.8. The van der Waals surface area contributed by atoms with Gasteiger partial charge in [0.05, 0.1) is 0 Å². The van der Waals surface area contributed by atoms with Crippen LogP contribution in [-0.4, -0.2) is 41.4 Å². The number of carbonyl (C=O) groups excluding carboxylic acids is 1. The fourth-order valence-electron chi connectivity index (χ4n) is 1.52. The fraction of sp³-hybridized carbons (Fsp3) is 0.923. The van der Waals surface area contributed by atoms with Crippen molar-refractivity contribution < 1.29 is 14.6 Å². The molecule has 4 nitrogen and oxygen atoms in total. The molecule has 0 radical (unpaired) electrons. The number of amides is 1. The van der Waals surface area contributed by atoms with Gasteiger partial charge in [0, 0.05) is 19.7 Å². The van der Waals surface area contributed by atoms with Crippen LogP contribution in [0.2, 0.25) is 0 Å². The standard InChI is InChI=1S/C13H27NO3/c1-10(8-13(5,6)9-15)14(7)11(16)17-12(2,3)4/h10,15H,8-9H2,1-7H3. The third kappa shape index (κ3) is 6.51. The first-order chi connectivity index (χ1) is 7.48. The van der Waals surface area contributed by atoms with Crippen molar-refractivity contribution in [3.05, 3.63) is 0 Å². The van der Waals surface area contributed by atoms with E-state index in [1.54, 1.807) is 11.9 Å². The summed E-state index contributed by atoms with van der Waals surface area (Å²) in [5.41, 5.74) is -0.659. The maximum Gasteiger partial charge on any atom is 0.410 e. The monoisotopic (exact) mass is 245 g/mol. The molecule has 0 aliphatic heterocycles. The van der Waals surface area contributed by atoms with E-state index < -0.39 is 5.60 Å². The second-order valence-corrected chi connectivity index (χ2v) is 6.47. The van der Waals surface area contributed by atoms with E-state index in [0.717, 1.165) is 6.42 Å². The lowest BCUT2D eigenvalue weighted by Gasteiger charge is -2.33. The van der Waals surface area contributed by atoms with Crippen LogP contribution in [0.25, 0.3) is 0 Å². The molecule has 0 fully saturated rings. The van der Waals surface area contributed by atoms with Gasteiger partial charge in [-0.15, -0.1) is 0 Å². The van der Waals surface area contributed by atoms with E-state index >= 15 is 0 Å². The van der Waals surface area contributed by atoms with Gasteiger partial charge in [0.15, 0.2) is 0 Å². The summed E-state index contributed by atoms with van der Waals surface area (Å²) in [5.74, 6) is 0. The molecule has 0 aromatic rings. The van der Waals surface area contributed by atoms with Crippen molar-refractivity contribution in [3.63, 3.8) is 0 Å². The number of aliphatic hydroxyl groups excluding tert-OH is 1. The molecule has 0 aromatic carbocycles. The van der Waals surface area contributed by atoms with Crippen molar-refractivity contribution in [2.45, 2.75) is 59.6 Å². The molecule has 1 unspecified atom stereocenters. The molecule has 0 saturated carbocycles. The highest BCUT2D eigenvalue weighted by Gasteiger charge is 2.27. The molecular formula is C13H27NO3. The largest absolute Gasteiger partial charge is 0.444 e. The molecule has 1 N–H and O–H groups in total. The zero-order valence-corrected chi connectivity index (χ0v) is 12.2. The average molecular weight is 245 g/mol. The lowest BCUT2D eigenvalue weighted by atomic mass is 9.87. The molecule has 1 amide bonds. The molecule has 1 atom stereocenters. The number of aliphatic hydroxyl groups is 1. The van der Waals surface area contributed by atoms with Crippen molar-refractivity contribution in [2.24, 2.45) is 5.41 Å². The van der Waals surface area contributed by atoms with Crippen LogP contribution in [0.15, 0.2) is 0 Å². The van der Waals surface area contributed by atoms with E-state index in [9.17, 15) is 9.90 Å². The molecule has 0 spiro atoms. The predicted octanol–water partition coefficient (Wildman–Crippen LogP) is 2.65. The van der Waals surface area contributed by atoms with Crippen molar-refractivity contribution in [3.8, 4) is 0 Å². The van der Waals surface area contributed by atoms with E-state index in [-0.39, 0.29) is 24.2 Å². The summed E-state index contributed by atoms with van der Waals surface area (Å²) in [4.78, 5) is 13.4. The van der Waals surface area contributed by atoms with E-state index in [2.05, 4.69) is 0 Å². The van der Waals surface area contributed by atoms with E-state index in [1.807, 2.05) is 41.5 Å². The number of ether oxygens (including phenoxy) is 1. The Morgan fingerprint density at radius 2 is 1.76 bits per heavy atom. The number of carbonyl (C=O) groups is 1. The molecule has 0 bridgehead atoms. The maximum atomic E-state index is 11.8. The second-order valence-electron chi connectivity index (χ2n) is 6.47. The number of rotatable bonds is 4. The summed E-state index contributed by atoms with van der Waals surface area (Å²) in [6.45, 7) is 11.6. The molecule has 0 aliphatic rings. The van der Waals surface area contributed by atoms with Gasteiger partial charge in [0.1, 0.15) is 5.60 Å². The third-order valence-electron chi connectivity index (χ3n) is 2.62. The van der Waals surface area contributed by atoms with Gasteiger partial charge in [-0.05, 0) is 39.5 Å². The highest BCUT2D eigenvalue weighted by molar-refractivity contribution is 5.68. The SMILES string of the molecule is CC(CC(C)(C)CO)N(C)C(=O)OC(C)(C)C. The smallest absolute Gasteiger partial charge is 0.410 e. The van der Waals surface area contributed by atoms with E-state index in [1.165, 1.54) is 0 Å². The Hall–Kier alpha value is -0.770. The lowest BCUT2D eigenvalue weighted by molar-refractivity contribution is 0.0175. The fourth-order valence-corrected chi connectivity index (χ4v) is 1.52. The van der Waals surface area contributed by atoms with Gasteiger partial charge < -0.3 is 14.7 Å². The summed E-state index contributed by atoms with van der Waals surface area (Å²) in [6.07, 6.45) is 0.415. The van der Waals surface area contributed by atoms with Gasteiger partial charge in [0.2, 0.25) is 0 Å². The van der Waals surface area contributed by atoms with Crippen LogP contribution < -0.4 is 0 Å². The third-order valence-corrected chi connectivity index (χ3v) is 2.62. The number of hydrogen-bond donors (Lipinski definition) is 1. The molecule has 0 rings (SSSR count). The molecule has 102 valence electrons. The summed E-state index contributed by atoms with van der Waals surface area (Å²) < 4.78 is 5.29. The van der Waals surface area contributed by atoms with E-state index in [4.69, 9.17) is 4.74 Å². The Balaban J connectivity index is 4.40. The van der Waals surface area contributed by atoms with Crippen LogP contribution in [-0.2, 0) is 4.74 Å². The first-order valence-corrected chi connectivity index (χ1v) is 6.05. The van der Waals surface area contributed by atoms with Crippen molar-refractivity contribution in [2.75, 3.05) is 13.7 Å². The number of nitrogens with zero attached hydrogens (tertiary/aromatic N) is 1. The van der Waals surface area contributed by atoms with Gasteiger partial charge in [-0.2, -0.15) is 0 Å². The Bertz CT molecular complexity index is 256. The molecule has 0 heterocycles.